The summed E-state index contributed by atoms with van der Waals surface area (Å²) in [6, 6.07) is 0. The van der Waals surface area contributed by atoms with E-state index in [2.05, 4.69) is 20.4 Å². The van der Waals surface area contributed by atoms with Gasteiger partial charge in [-0.1, -0.05) is 33.3 Å². The van der Waals surface area contributed by atoms with Gasteiger partial charge in [0.1, 0.15) is 0 Å². The maximum Gasteiger partial charge on any atom is 0.230 e. The minimum absolute atomic E-state index is 0.242. The molecule has 0 aromatic heterocycles. The Labute approximate surface area is 105 Å². The fourth-order valence-corrected chi connectivity index (χ4v) is 4.00. The zero-order chi connectivity index (χ0) is 12.6. The van der Waals surface area contributed by atoms with Crippen LogP contribution in [-0.2, 0) is 4.79 Å². The van der Waals surface area contributed by atoms with E-state index in [1.165, 1.54) is 25.7 Å². The maximum atomic E-state index is 12.2. The van der Waals surface area contributed by atoms with Crippen LogP contribution in [0.4, 0.5) is 0 Å². The van der Waals surface area contributed by atoms with Gasteiger partial charge in [0.2, 0.25) is 5.91 Å². The molecule has 0 aromatic rings. The van der Waals surface area contributed by atoms with Crippen molar-refractivity contribution in [3.05, 3.63) is 12.3 Å². The number of fused-ring (bicyclic) bond motifs is 1. The van der Waals surface area contributed by atoms with Crippen LogP contribution in [0.3, 0.4) is 0 Å². The molecule has 1 heterocycles. The zero-order valence-corrected chi connectivity index (χ0v) is 11.4. The number of hydrogen-bond donors (Lipinski definition) is 0. The van der Waals surface area contributed by atoms with E-state index in [4.69, 9.17) is 0 Å². The van der Waals surface area contributed by atoms with Crippen molar-refractivity contribution in [3.8, 4) is 0 Å². The van der Waals surface area contributed by atoms with Crippen molar-refractivity contribution in [2.24, 2.45) is 23.7 Å². The third-order valence-corrected chi connectivity index (χ3v) is 4.96. The minimum atomic E-state index is 0.242. The van der Waals surface area contributed by atoms with Gasteiger partial charge in [-0.05, 0) is 31.1 Å². The van der Waals surface area contributed by atoms with Crippen LogP contribution >= 0.6 is 0 Å². The van der Waals surface area contributed by atoms with Gasteiger partial charge in [0, 0.05) is 24.6 Å². The van der Waals surface area contributed by atoms with Crippen LogP contribution < -0.4 is 0 Å². The van der Waals surface area contributed by atoms with Crippen LogP contribution in [0, 0.1) is 23.7 Å². The Bertz CT molecular complexity index is 323. The Morgan fingerprint density at radius 1 is 1.35 bits per heavy atom. The first-order valence-corrected chi connectivity index (χ1v) is 7.08. The van der Waals surface area contributed by atoms with Crippen LogP contribution in [0.1, 0.15) is 46.0 Å². The van der Waals surface area contributed by atoms with Crippen molar-refractivity contribution in [1.29, 1.82) is 0 Å². The lowest BCUT2D eigenvalue weighted by molar-refractivity contribution is -0.130. The molecule has 0 spiro atoms. The molecule has 0 radical (unpaired) electrons. The Balaban J connectivity index is 2.26. The molecule has 2 fully saturated rings. The number of likely N-dealkylation sites (tertiary alicyclic amines) is 1. The number of amides is 1. The second kappa shape index (κ2) is 4.83. The van der Waals surface area contributed by atoms with Gasteiger partial charge in [-0.2, -0.15) is 0 Å². The van der Waals surface area contributed by atoms with E-state index in [1.54, 1.807) is 0 Å². The first-order chi connectivity index (χ1) is 8.11. The van der Waals surface area contributed by atoms with Crippen molar-refractivity contribution in [3.63, 3.8) is 0 Å². The molecule has 2 aliphatic rings. The molecular formula is C15H25NO. The third-order valence-electron chi connectivity index (χ3n) is 4.96. The Morgan fingerprint density at radius 2 is 2.06 bits per heavy atom. The molecule has 0 bridgehead atoms. The molecule has 1 saturated carbocycles. The van der Waals surface area contributed by atoms with Gasteiger partial charge in [0.05, 0.1) is 0 Å². The fourth-order valence-electron chi connectivity index (χ4n) is 4.00. The quantitative estimate of drug-likeness (QED) is 0.734. The van der Waals surface area contributed by atoms with Crippen molar-refractivity contribution in [2.75, 3.05) is 7.05 Å². The number of rotatable bonds is 3. The number of allylic oxidation sites excluding steroid dienone is 1. The Kier molecular flexibility index (Phi) is 3.60. The second-order valence-corrected chi connectivity index (χ2v) is 5.72. The molecule has 4 unspecified atom stereocenters. The largest absolute Gasteiger partial charge is 0.319 e. The monoisotopic (exact) mass is 235 g/mol. The summed E-state index contributed by atoms with van der Waals surface area (Å²) in [7, 11) is 1.90. The van der Waals surface area contributed by atoms with Gasteiger partial charge >= 0.3 is 0 Å². The van der Waals surface area contributed by atoms with Gasteiger partial charge in [0.15, 0.2) is 0 Å². The first-order valence-electron chi connectivity index (χ1n) is 7.08. The Morgan fingerprint density at radius 3 is 2.65 bits per heavy atom. The van der Waals surface area contributed by atoms with Crippen LogP contribution in [-0.4, -0.2) is 17.9 Å². The van der Waals surface area contributed by atoms with Gasteiger partial charge in [-0.3, -0.25) is 4.79 Å². The van der Waals surface area contributed by atoms with Crippen molar-refractivity contribution in [1.82, 2.24) is 4.90 Å². The Hall–Kier alpha value is -0.790. The van der Waals surface area contributed by atoms with Crippen molar-refractivity contribution in [2.45, 2.75) is 46.0 Å². The molecule has 0 aromatic carbocycles. The summed E-state index contributed by atoms with van der Waals surface area (Å²) >= 11 is 0. The SMILES string of the molecule is C=C1C2C(CCC(CC)C2CCC)C(=O)N1C. The summed E-state index contributed by atoms with van der Waals surface area (Å²) in [4.78, 5) is 14.0. The molecule has 2 nitrogen and oxygen atoms in total. The summed E-state index contributed by atoms with van der Waals surface area (Å²) < 4.78 is 0. The fraction of sp³-hybridized carbons (Fsp3) is 0.800. The number of hydrogen-bond acceptors (Lipinski definition) is 1. The average molecular weight is 235 g/mol. The molecule has 17 heavy (non-hydrogen) atoms. The molecule has 2 heteroatoms. The summed E-state index contributed by atoms with van der Waals surface area (Å²) in [5.74, 6) is 2.48. The van der Waals surface area contributed by atoms with Gasteiger partial charge < -0.3 is 4.90 Å². The van der Waals surface area contributed by atoms with E-state index >= 15 is 0 Å². The second-order valence-electron chi connectivity index (χ2n) is 5.72. The van der Waals surface area contributed by atoms with Crippen LogP contribution in [0.15, 0.2) is 12.3 Å². The normalized spacial score (nSPS) is 37.5. The highest BCUT2D eigenvalue weighted by Crippen LogP contribution is 2.50. The zero-order valence-electron chi connectivity index (χ0n) is 11.4. The van der Waals surface area contributed by atoms with Gasteiger partial charge in [-0.15, -0.1) is 0 Å². The molecule has 1 amide bonds. The van der Waals surface area contributed by atoms with E-state index in [1.807, 2.05) is 11.9 Å². The summed E-state index contributed by atoms with van der Waals surface area (Å²) in [6.45, 7) is 8.71. The highest BCUT2D eigenvalue weighted by Gasteiger charge is 2.49. The number of nitrogens with zero attached hydrogens (tertiary/aromatic N) is 1. The van der Waals surface area contributed by atoms with E-state index in [-0.39, 0.29) is 5.92 Å². The first kappa shape index (κ1) is 12.7. The van der Waals surface area contributed by atoms with E-state index in [0.29, 0.717) is 17.7 Å². The van der Waals surface area contributed by atoms with E-state index in [9.17, 15) is 4.79 Å². The molecule has 4 atom stereocenters. The summed E-state index contributed by atoms with van der Waals surface area (Å²) in [5, 5.41) is 0. The molecule has 0 N–H and O–H groups in total. The lowest BCUT2D eigenvalue weighted by Gasteiger charge is -2.38. The lowest BCUT2D eigenvalue weighted by atomic mass is 9.65. The van der Waals surface area contributed by atoms with E-state index in [0.717, 1.165) is 18.0 Å². The maximum absolute atomic E-state index is 12.2. The molecule has 2 rings (SSSR count). The molecular weight excluding hydrogens is 210 g/mol. The van der Waals surface area contributed by atoms with Crippen LogP contribution in [0.5, 0.6) is 0 Å². The molecule has 96 valence electrons. The van der Waals surface area contributed by atoms with Gasteiger partial charge in [-0.25, -0.2) is 0 Å². The van der Waals surface area contributed by atoms with Crippen molar-refractivity contribution < 1.29 is 4.79 Å². The highest BCUT2D eigenvalue weighted by atomic mass is 16.2. The predicted molar refractivity (Wildman–Crippen MR) is 70.3 cm³/mol. The van der Waals surface area contributed by atoms with E-state index < -0.39 is 0 Å². The molecule has 1 saturated heterocycles. The topological polar surface area (TPSA) is 20.3 Å². The van der Waals surface area contributed by atoms with Crippen LogP contribution in [0.2, 0.25) is 0 Å². The predicted octanol–water partition coefficient (Wildman–Crippen LogP) is 3.44. The lowest BCUT2D eigenvalue weighted by Crippen LogP contribution is -2.34. The standard InChI is InChI=1S/C15H25NO/c1-5-7-12-11(6-2)8-9-13-14(12)10(3)16(4)15(13)17/h11-14H,3,5-9H2,1-2,4H3. The van der Waals surface area contributed by atoms with Gasteiger partial charge in [0.25, 0.3) is 0 Å². The minimum Gasteiger partial charge on any atom is -0.319 e. The number of carbonyl (C=O) groups is 1. The summed E-state index contributed by atoms with van der Waals surface area (Å²) in [5.41, 5.74) is 1.08. The van der Waals surface area contributed by atoms with Crippen LogP contribution in [0.25, 0.3) is 0 Å². The molecule has 1 aliphatic heterocycles. The highest BCUT2D eigenvalue weighted by molar-refractivity contribution is 5.84. The van der Waals surface area contributed by atoms with Crippen molar-refractivity contribution >= 4 is 5.91 Å². The summed E-state index contributed by atoms with van der Waals surface area (Å²) in [6.07, 6.45) is 6.02. The average Bonchev–Trinajstić information content (AvgIpc) is 2.55. The molecule has 1 aliphatic carbocycles. The third kappa shape index (κ3) is 1.92. The smallest absolute Gasteiger partial charge is 0.230 e. The number of carbonyl (C=O) groups excluding carboxylic acids is 1.